The van der Waals surface area contributed by atoms with Crippen LogP contribution in [-0.4, -0.2) is 58.2 Å². The highest BCUT2D eigenvalue weighted by Crippen LogP contribution is 2.36. The minimum Gasteiger partial charge on any atom is -0.493 e. The lowest BCUT2D eigenvalue weighted by atomic mass is 9.98. The standard InChI is InChI=1S/C29H31N3O7S/c1-37-25-14-9-20(16-26(25)39-29-8-5-15-38-29)21-17-28(34)32(18-21)19-27(33)30-22-10-12-23(13-11-22)31-40(35,36)24-6-3-2-4-7-24/h2-4,6-7,9-14,16,21,29,31H,5,8,15,17-19H2,1H3,(H,30,33)/t21-,29?/m1/s1. The second-order valence-corrected chi connectivity index (χ2v) is 11.4. The molecule has 10 nitrogen and oxygen atoms in total. The van der Waals surface area contributed by atoms with E-state index < -0.39 is 10.0 Å². The predicted octanol–water partition coefficient (Wildman–Crippen LogP) is 3.97. The lowest BCUT2D eigenvalue weighted by Gasteiger charge is -2.19. The fraction of sp³-hybridized carbons (Fsp3) is 0.310. The van der Waals surface area contributed by atoms with Crippen LogP contribution in [0.1, 0.15) is 30.7 Å². The van der Waals surface area contributed by atoms with Crippen molar-refractivity contribution in [2.75, 3.05) is 36.8 Å². The van der Waals surface area contributed by atoms with Crippen molar-refractivity contribution in [1.29, 1.82) is 0 Å². The van der Waals surface area contributed by atoms with Crippen LogP contribution in [0.3, 0.4) is 0 Å². The maximum Gasteiger partial charge on any atom is 0.261 e. The zero-order valence-corrected chi connectivity index (χ0v) is 22.9. The number of nitrogens with one attached hydrogen (secondary N) is 2. The molecule has 2 amide bonds. The van der Waals surface area contributed by atoms with Gasteiger partial charge in [0.15, 0.2) is 17.8 Å². The summed E-state index contributed by atoms with van der Waals surface area (Å²) in [6.07, 6.45) is 1.73. The zero-order valence-electron chi connectivity index (χ0n) is 22.0. The van der Waals surface area contributed by atoms with Crippen LogP contribution in [0.2, 0.25) is 0 Å². The van der Waals surface area contributed by atoms with Crippen molar-refractivity contribution in [3.05, 3.63) is 78.4 Å². The van der Waals surface area contributed by atoms with Gasteiger partial charge in [-0.1, -0.05) is 24.3 Å². The highest BCUT2D eigenvalue weighted by Gasteiger charge is 2.32. The molecule has 2 fully saturated rings. The SMILES string of the molecule is COc1ccc([C@@H]2CC(=O)N(CC(=O)Nc3ccc(NS(=O)(=O)c4ccccc4)cc3)C2)cc1OC1CCCO1. The van der Waals surface area contributed by atoms with Gasteiger partial charge in [0, 0.05) is 36.7 Å². The van der Waals surface area contributed by atoms with Gasteiger partial charge in [0.25, 0.3) is 10.0 Å². The Hall–Kier alpha value is -4.09. The summed E-state index contributed by atoms with van der Waals surface area (Å²) < 4.78 is 44.5. The number of hydrogen-bond acceptors (Lipinski definition) is 7. The van der Waals surface area contributed by atoms with Crippen molar-refractivity contribution in [2.24, 2.45) is 0 Å². The highest BCUT2D eigenvalue weighted by atomic mass is 32.2. The minimum atomic E-state index is -3.71. The van der Waals surface area contributed by atoms with Gasteiger partial charge in [0.1, 0.15) is 0 Å². The van der Waals surface area contributed by atoms with Crippen LogP contribution in [0.5, 0.6) is 11.5 Å². The van der Waals surface area contributed by atoms with E-state index in [4.69, 9.17) is 14.2 Å². The highest BCUT2D eigenvalue weighted by molar-refractivity contribution is 7.92. The quantitative estimate of drug-likeness (QED) is 0.381. The molecule has 3 aromatic rings. The van der Waals surface area contributed by atoms with Gasteiger partial charge in [-0.25, -0.2) is 8.42 Å². The van der Waals surface area contributed by atoms with Gasteiger partial charge in [0.05, 0.1) is 25.2 Å². The Balaban J connectivity index is 1.17. The number of anilines is 2. The molecule has 1 unspecified atom stereocenters. The first-order valence-electron chi connectivity index (χ1n) is 13.0. The van der Waals surface area contributed by atoms with Crippen molar-refractivity contribution in [1.82, 2.24) is 4.90 Å². The normalized spacial score (nSPS) is 18.9. The molecule has 5 rings (SSSR count). The molecule has 0 radical (unpaired) electrons. The molecule has 2 aliphatic heterocycles. The monoisotopic (exact) mass is 565 g/mol. The van der Waals surface area contributed by atoms with E-state index in [1.807, 2.05) is 18.2 Å². The van der Waals surface area contributed by atoms with E-state index in [9.17, 15) is 18.0 Å². The van der Waals surface area contributed by atoms with Gasteiger partial charge in [-0.3, -0.25) is 14.3 Å². The van der Waals surface area contributed by atoms with Gasteiger partial charge in [0.2, 0.25) is 11.8 Å². The number of methoxy groups -OCH3 is 1. The first kappa shape index (κ1) is 27.5. The van der Waals surface area contributed by atoms with Crippen LogP contribution in [0, 0.1) is 0 Å². The van der Waals surface area contributed by atoms with Crippen molar-refractivity contribution in [3.8, 4) is 11.5 Å². The molecular formula is C29H31N3O7S. The Morgan fingerprint density at radius 1 is 1.02 bits per heavy atom. The Labute approximate surface area is 233 Å². The van der Waals surface area contributed by atoms with Crippen molar-refractivity contribution in [3.63, 3.8) is 0 Å². The van der Waals surface area contributed by atoms with Crippen LogP contribution in [0.4, 0.5) is 11.4 Å². The Kier molecular flexibility index (Phi) is 8.22. The van der Waals surface area contributed by atoms with Crippen LogP contribution < -0.4 is 19.5 Å². The van der Waals surface area contributed by atoms with Gasteiger partial charge in [-0.05, 0) is 60.5 Å². The molecule has 2 aliphatic rings. The Morgan fingerprint density at radius 2 is 1.77 bits per heavy atom. The number of nitrogens with zero attached hydrogens (tertiary/aromatic N) is 1. The van der Waals surface area contributed by atoms with E-state index in [2.05, 4.69) is 10.0 Å². The number of carbonyl (C=O) groups is 2. The predicted molar refractivity (Wildman–Crippen MR) is 149 cm³/mol. The number of sulfonamides is 1. The number of benzene rings is 3. The summed E-state index contributed by atoms with van der Waals surface area (Å²) in [5.41, 5.74) is 1.78. The van der Waals surface area contributed by atoms with E-state index in [0.29, 0.717) is 36.0 Å². The number of hydrogen-bond donors (Lipinski definition) is 2. The third-order valence-corrected chi connectivity index (χ3v) is 8.23. The summed E-state index contributed by atoms with van der Waals surface area (Å²) in [6.45, 7) is 0.976. The molecule has 0 bridgehead atoms. The minimum absolute atomic E-state index is 0.0880. The van der Waals surface area contributed by atoms with Crippen molar-refractivity contribution < 1.29 is 32.2 Å². The van der Waals surface area contributed by atoms with Crippen LogP contribution in [0.25, 0.3) is 0 Å². The van der Waals surface area contributed by atoms with Crippen LogP contribution in [0.15, 0.2) is 77.7 Å². The molecule has 2 saturated heterocycles. The largest absolute Gasteiger partial charge is 0.493 e. The summed E-state index contributed by atoms with van der Waals surface area (Å²) in [6, 6.07) is 20.0. The number of likely N-dealkylation sites (tertiary alicyclic amines) is 1. The van der Waals surface area contributed by atoms with Gasteiger partial charge in [-0.15, -0.1) is 0 Å². The van der Waals surface area contributed by atoms with E-state index in [1.165, 1.54) is 17.0 Å². The molecular weight excluding hydrogens is 534 g/mol. The molecule has 0 aliphatic carbocycles. The average Bonchev–Trinajstić information content (AvgIpc) is 3.59. The summed E-state index contributed by atoms with van der Waals surface area (Å²) in [7, 11) is -2.14. The Morgan fingerprint density at radius 3 is 2.48 bits per heavy atom. The molecule has 40 heavy (non-hydrogen) atoms. The number of rotatable bonds is 10. The van der Waals surface area contributed by atoms with E-state index in [0.717, 1.165) is 18.4 Å². The summed E-state index contributed by atoms with van der Waals surface area (Å²) >= 11 is 0. The van der Waals surface area contributed by atoms with Crippen molar-refractivity contribution >= 4 is 33.2 Å². The first-order valence-corrected chi connectivity index (χ1v) is 14.5. The molecule has 11 heteroatoms. The summed E-state index contributed by atoms with van der Waals surface area (Å²) in [4.78, 5) is 27.1. The van der Waals surface area contributed by atoms with E-state index in [-0.39, 0.29) is 41.9 Å². The average molecular weight is 566 g/mol. The fourth-order valence-corrected chi connectivity index (χ4v) is 5.86. The van der Waals surface area contributed by atoms with Crippen molar-refractivity contribution in [2.45, 2.75) is 36.4 Å². The molecule has 0 aromatic heterocycles. The topological polar surface area (TPSA) is 123 Å². The molecule has 3 aromatic carbocycles. The number of carbonyl (C=O) groups excluding carboxylic acids is 2. The Bertz CT molecular complexity index is 1460. The maximum absolute atomic E-state index is 12.7. The molecule has 2 atom stereocenters. The number of amides is 2. The lowest BCUT2D eigenvalue weighted by molar-refractivity contribution is -0.131. The van der Waals surface area contributed by atoms with E-state index >= 15 is 0 Å². The van der Waals surface area contributed by atoms with Gasteiger partial charge >= 0.3 is 0 Å². The first-order chi connectivity index (χ1) is 19.3. The lowest BCUT2D eigenvalue weighted by Crippen LogP contribution is -2.34. The van der Waals surface area contributed by atoms with Crippen LogP contribution >= 0.6 is 0 Å². The summed E-state index contributed by atoms with van der Waals surface area (Å²) in [5, 5.41) is 2.77. The van der Waals surface area contributed by atoms with Gasteiger partial charge < -0.3 is 24.4 Å². The molecule has 2 N–H and O–H groups in total. The third kappa shape index (κ3) is 6.54. The third-order valence-electron chi connectivity index (χ3n) is 6.83. The maximum atomic E-state index is 12.7. The van der Waals surface area contributed by atoms with Gasteiger partial charge in [-0.2, -0.15) is 0 Å². The molecule has 0 saturated carbocycles. The number of ether oxygens (including phenoxy) is 3. The van der Waals surface area contributed by atoms with E-state index in [1.54, 1.807) is 49.6 Å². The molecule has 2 heterocycles. The fourth-order valence-electron chi connectivity index (χ4n) is 4.78. The zero-order chi connectivity index (χ0) is 28.1. The molecule has 210 valence electrons. The second kappa shape index (κ2) is 12.0. The molecule has 0 spiro atoms. The second-order valence-electron chi connectivity index (χ2n) is 9.69. The summed E-state index contributed by atoms with van der Waals surface area (Å²) in [5.74, 6) is 0.630. The smallest absolute Gasteiger partial charge is 0.261 e. The van der Waals surface area contributed by atoms with Crippen LogP contribution in [-0.2, 0) is 24.3 Å².